The van der Waals surface area contributed by atoms with E-state index in [1.165, 1.54) is 6.07 Å². The maximum Gasteiger partial charge on any atom is 0.235 e. The van der Waals surface area contributed by atoms with Gasteiger partial charge in [0.05, 0.1) is 23.1 Å². The number of hydrogen-bond acceptors (Lipinski definition) is 5. The molecule has 0 saturated carbocycles. The minimum atomic E-state index is -3.65. The Balaban J connectivity index is 1.58. The van der Waals surface area contributed by atoms with Crippen LogP contribution in [-0.2, 0) is 20.4 Å². The van der Waals surface area contributed by atoms with Crippen molar-refractivity contribution in [1.82, 2.24) is 5.32 Å². The lowest BCUT2D eigenvalue weighted by molar-refractivity contribution is -0.119. The average molecular weight is 430 g/mol. The Labute approximate surface area is 176 Å². The minimum absolute atomic E-state index is 0.240. The second-order valence-electron chi connectivity index (χ2n) is 7.65. The van der Waals surface area contributed by atoms with Crippen molar-refractivity contribution in [3.63, 3.8) is 0 Å². The molecule has 3 rings (SSSR count). The van der Waals surface area contributed by atoms with Crippen molar-refractivity contribution in [2.75, 3.05) is 23.7 Å². The number of nitriles is 1. The molecule has 0 aliphatic carbocycles. The number of benzene rings is 2. The summed E-state index contributed by atoms with van der Waals surface area (Å²) in [7, 11) is -3.65. The van der Waals surface area contributed by atoms with Crippen molar-refractivity contribution in [1.29, 1.82) is 5.26 Å². The minimum Gasteiger partial charge on any atom is -0.367 e. The summed E-state index contributed by atoms with van der Waals surface area (Å²) in [5.74, 6) is -1.74. The van der Waals surface area contributed by atoms with E-state index in [1.807, 2.05) is 17.9 Å². The molecule has 1 fully saturated rings. The van der Waals surface area contributed by atoms with Crippen LogP contribution < -0.4 is 10.2 Å². The van der Waals surface area contributed by atoms with Crippen LogP contribution in [0.1, 0.15) is 29.5 Å². The van der Waals surface area contributed by atoms with E-state index < -0.39 is 21.5 Å². The molecule has 0 radical (unpaired) electrons. The predicted molar refractivity (Wildman–Crippen MR) is 113 cm³/mol. The quantitative estimate of drug-likeness (QED) is 0.763. The molecule has 1 atom stereocenters. The molecular formula is C22H24FN3O3S. The first-order chi connectivity index (χ1) is 14.3. The largest absolute Gasteiger partial charge is 0.367 e. The first-order valence-corrected chi connectivity index (χ1v) is 11.6. The number of sulfone groups is 1. The van der Waals surface area contributed by atoms with Gasteiger partial charge in [0.15, 0.2) is 9.84 Å². The molecule has 0 bridgehead atoms. The third-order valence-electron chi connectivity index (χ3n) is 5.05. The van der Waals surface area contributed by atoms with Crippen molar-refractivity contribution >= 4 is 21.4 Å². The smallest absolute Gasteiger partial charge is 0.235 e. The molecular weight excluding hydrogens is 405 g/mol. The number of anilines is 1. The van der Waals surface area contributed by atoms with Crippen LogP contribution in [0.4, 0.5) is 10.1 Å². The zero-order chi connectivity index (χ0) is 21.7. The van der Waals surface area contributed by atoms with E-state index in [-0.39, 0.29) is 17.6 Å². The summed E-state index contributed by atoms with van der Waals surface area (Å²) in [6, 6.07) is 12.9. The van der Waals surface area contributed by atoms with Gasteiger partial charge in [-0.15, -0.1) is 0 Å². The third-order valence-corrected chi connectivity index (χ3v) is 6.52. The van der Waals surface area contributed by atoms with Crippen molar-refractivity contribution in [3.8, 4) is 6.07 Å². The van der Waals surface area contributed by atoms with Gasteiger partial charge in [-0.2, -0.15) is 5.26 Å². The lowest BCUT2D eigenvalue weighted by Crippen LogP contribution is -2.49. The SMILES string of the molecule is Cc1ccc(F)c(N2CCCC(NC(=O)CS(=O)(=O)Cc3ccc(C#N)cc3)C2)c1. The van der Waals surface area contributed by atoms with Crippen molar-refractivity contribution < 1.29 is 17.6 Å². The fourth-order valence-corrected chi connectivity index (χ4v) is 4.91. The molecule has 1 amide bonds. The van der Waals surface area contributed by atoms with Gasteiger partial charge in [-0.1, -0.05) is 18.2 Å². The molecule has 158 valence electrons. The van der Waals surface area contributed by atoms with Gasteiger partial charge in [0.2, 0.25) is 5.91 Å². The number of piperidine rings is 1. The van der Waals surface area contributed by atoms with Crippen LogP contribution in [0.3, 0.4) is 0 Å². The Morgan fingerprint density at radius 3 is 2.70 bits per heavy atom. The average Bonchev–Trinajstić information content (AvgIpc) is 2.69. The van der Waals surface area contributed by atoms with Crippen LogP contribution in [-0.4, -0.2) is 39.2 Å². The lowest BCUT2D eigenvalue weighted by Gasteiger charge is -2.35. The molecule has 2 aromatic carbocycles. The van der Waals surface area contributed by atoms with Gasteiger partial charge < -0.3 is 10.2 Å². The predicted octanol–water partition coefficient (Wildman–Crippen LogP) is 2.71. The normalized spacial score (nSPS) is 16.7. The summed E-state index contributed by atoms with van der Waals surface area (Å²) in [5, 5.41) is 11.6. The molecule has 1 saturated heterocycles. The summed E-state index contributed by atoms with van der Waals surface area (Å²) < 4.78 is 39.0. The Morgan fingerprint density at radius 2 is 2.00 bits per heavy atom. The zero-order valence-electron chi connectivity index (χ0n) is 16.8. The number of hydrogen-bond donors (Lipinski definition) is 1. The highest BCUT2D eigenvalue weighted by Gasteiger charge is 2.25. The van der Waals surface area contributed by atoms with Crippen LogP contribution in [0.25, 0.3) is 0 Å². The molecule has 1 unspecified atom stereocenters. The van der Waals surface area contributed by atoms with Crippen molar-refractivity contribution in [3.05, 3.63) is 65.0 Å². The zero-order valence-corrected chi connectivity index (χ0v) is 17.6. The number of amides is 1. The van der Waals surface area contributed by atoms with E-state index in [4.69, 9.17) is 5.26 Å². The van der Waals surface area contributed by atoms with Crippen LogP contribution >= 0.6 is 0 Å². The first kappa shape index (κ1) is 21.8. The van der Waals surface area contributed by atoms with E-state index in [0.29, 0.717) is 36.3 Å². The summed E-state index contributed by atoms with van der Waals surface area (Å²) >= 11 is 0. The van der Waals surface area contributed by atoms with Crippen molar-refractivity contribution in [2.45, 2.75) is 31.6 Å². The molecule has 0 aromatic heterocycles. The number of carbonyl (C=O) groups is 1. The second-order valence-corrected chi connectivity index (χ2v) is 9.71. The van der Waals surface area contributed by atoms with E-state index in [2.05, 4.69) is 5.32 Å². The molecule has 1 heterocycles. The highest BCUT2D eigenvalue weighted by atomic mass is 32.2. The van der Waals surface area contributed by atoms with Crippen LogP contribution in [0.5, 0.6) is 0 Å². The molecule has 8 heteroatoms. The van der Waals surface area contributed by atoms with E-state index >= 15 is 0 Å². The summed E-state index contributed by atoms with van der Waals surface area (Å²) in [5.41, 5.74) is 2.43. The molecule has 1 aliphatic rings. The third kappa shape index (κ3) is 5.80. The highest BCUT2D eigenvalue weighted by Crippen LogP contribution is 2.24. The van der Waals surface area contributed by atoms with Gasteiger partial charge in [0.25, 0.3) is 0 Å². The van der Waals surface area contributed by atoms with Gasteiger partial charge in [0, 0.05) is 19.1 Å². The van der Waals surface area contributed by atoms with Crippen LogP contribution in [0, 0.1) is 24.1 Å². The van der Waals surface area contributed by atoms with Gasteiger partial charge in [0.1, 0.15) is 11.6 Å². The van der Waals surface area contributed by atoms with Gasteiger partial charge in [-0.3, -0.25) is 4.79 Å². The van der Waals surface area contributed by atoms with Gasteiger partial charge in [-0.05, 0) is 55.2 Å². The van der Waals surface area contributed by atoms with Gasteiger partial charge in [-0.25, -0.2) is 12.8 Å². The molecule has 30 heavy (non-hydrogen) atoms. The number of nitrogens with one attached hydrogen (secondary N) is 1. The summed E-state index contributed by atoms with van der Waals surface area (Å²) in [6.45, 7) is 3.01. The summed E-state index contributed by atoms with van der Waals surface area (Å²) in [6.07, 6.45) is 1.49. The number of halogens is 1. The standard InChI is InChI=1S/C22H24FN3O3S/c1-16-4-9-20(23)21(11-16)26-10-2-3-19(13-26)25-22(27)15-30(28,29)14-18-7-5-17(12-24)6-8-18/h4-9,11,19H,2-3,10,13-15H2,1H3,(H,25,27). The molecule has 6 nitrogen and oxygen atoms in total. The Morgan fingerprint density at radius 1 is 1.27 bits per heavy atom. The number of nitrogens with zero attached hydrogens (tertiary/aromatic N) is 2. The second kappa shape index (κ2) is 9.26. The monoisotopic (exact) mass is 429 g/mol. The van der Waals surface area contributed by atoms with E-state index in [0.717, 1.165) is 12.0 Å². The van der Waals surface area contributed by atoms with Crippen LogP contribution in [0.15, 0.2) is 42.5 Å². The maximum atomic E-state index is 14.2. The first-order valence-electron chi connectivity index (χ1n) is 9.76. The lowest BCUT2D eigenvalue weighted by atomic mass is 10.0. The Kier molecular flexibility index (Phi) is 6.73. The summed E-state index contributed by atoms with van der Waals surface area (Å²) in [4.78, 5) is 14.2. The number of aryl methyl sites for hydroxylation is 1. The number of rotatable bonds is 6. The molecule has 1 N–H and O–H groups in total. The molecule has 0 spiro atoms. The molecule has 1 aliphatic heterocycles. The van der Waals surface area contributed by atoms with E-state index in [1.54, 1.807) is 36.4 Å². The fraction of sp³-hybridized carbons (Fsp3) is 0.364. The Bertz CT molecular complexity index is 1060. The highest BCUT2D eigenvalue weighted by molar-refractivity contribution is 7.91. The Hall–Kier alpha value is -2.92. The van der Waals surface area contributed by atoms with Crippen LogP contribution in [0.2, 0.25) is 0 Å². The van der Waals surface area contributed by atoms with E-state index in [9.17, 15) is 17.6 Å². The maximum absolute atomic E-state index is 14.2. The number of carbonyl (C=O) groups excluding carboxylic acids is 1. The van der Waals surface area contributed by atoms with Crippen molar-refractivity contribution in [2.24, 2.45) is 0 Å². The topological polar surface area (TPSA) is 90.3 Å². The van der Waals surface area contributed by atoms with Gasteiger partial charge >= 0.3 is 0 Å². The molecule has 2 aromatic rings. The fourth-order valence-electron chi connectivity index (χ4n) is 3.63.